The Morgan fingerprint density at radius 3 is 2.31 bits per heavy atom. The lowest BCUT2D eigenvalue weighted by Gasteiger charge is -2.38. The number of hydrogen-bond acceptors (Lipinski definition) is 5. The standard InChI is InChI=1S/C31H23BrCl3N5OS/c32-19-8-4-17(5-9-19)26-25(29(41)40(22-2-1-3-22)24-13-12-21(34)16-23(24)35)27(37-36-26)28-38-39-30(42-28)31(14-15-31)18-6-10-20(33)11-7-18/h4-13,16,22H,1-3,14-15H2,(H,36,37). The summed E-state index contributed by atoms with van der Waals surface area (Å²) < 4.78 is 0.935. The van der Waals surface area contributed by atoms with Gasteiger partial charge in [0.05, 0.1) is 16.3 Å². The molecule has 2 fully saturated rings. The second-order valence-electron chi connectivity index (χ2n) is 10.7. The van der Waals surface area contributed by atoms with Gasteiger partial charge < -0.3 is 4.90 Å². The van der Waals surface area contributed by atoms with Crippen LogP contribution in [-0.4, -0.2) is 32.3 Å². The third-order valence-electron chi connectivity index (χ3n) is 8.12. The zero-order valence-electron chi connectivity index (χ0n) is 22.1. The predicted octanol–water partition coefficient (Wildman–Crippen LogP) is 9.60. The number of aromatic nitrogens is 4. The van der Waals surface area contributed by atoms with Crippen LogP contribution in [-0.2, 0) is 5.41 Å². The van der Waals surface area contributed by atoms with Gasteiger partial charge in [-0.2, -0.15) is 5.10 Å². The number of H-pyrrole nitrogens is 1. The fourth-order valence-electron chi connectivity index (χ4n) is 5.47. The first kappa shape index (κ1) is 28.0. The highest BCUT2D eigenvalue weighted by Crippen LogP contribution is 2.55. The van der Waals surface area contributed by atoms with Crippen LogP contribution in [0.2, 0.25) is 15.1 Å². The van der Waals surface area contributed by atoms with Gasteiger partial charge in [-0.3, -0.25) is 9.89 Å². The van der Waals surface area contributed by atoms with Crippen LogP contribution in [0.3, 0.4) is 0 Å². The average Bonchev–Trinajstić information content (AvgIpc) is 3.39. The summed E-state index contributed by atoms with van der Waals surface area (Å²) >= 11 is 24.1. The first-order valence-electron chi connectivity index (χ1n) is 13.6. The number of amides is 1. The zero-order valence-corrected chi connectivity index (χ0v) is 26.8. The van der Waals surface area contributed by atoms with E-state index in [0.29, 0.717) is 42.7 Å². The molecule has 1 N–H and O–H groups in total. The maximum absolute atomic E-state index is 14.7. The highest BCUT2D eigenvalue weighted by atomic mass is 79.9. The molecule has 11 heteroatoms. The smallest absolute Gasteiger partial charge is 0.263 e. The van der Waals surface area contributed by atoms with Crippen molar-refractivity contribution in [2.75, 3.05) is 4.90 Å². The van der Waals surface area contributed by atoms with E-state index in [9.17, 15) is 4.79 Å². The number of hydrogen-bond donors (Lipinski definition) is 1. The first-order chi connectivity index (χ1) is 20.3. The molecule has 1 amide bonds. The molecular formula is C31H23BrCl3N5OS. The van der Waals surface area contributed by atoms with Gasteiger partial charge >= 0.3 is 0 Å². The van der Waals surface area contributed by atoms with E-state index in [1.807, 2.05) is 42.5 Å². The molecule has 0 aliphatic heterocycles. The summed E-state index contributed by atoms with van der Waals surface area (Å²) in [5, 5.41) is 20.2. The maximum atomic E-state index is 14.7. The van der Waals surface area contributed by atoms with Crippen LogP contribution < -0.4 is 4.90 Å². The molecule has 2 aliphatic rings. The molecule has 0 bridgehead atoms. The Bertz CT molecular complexity index is 1800. The molecule has 0 unspecified atom stereocenters. The Balaban J connectivity index is 1.35. The topological polar surface area (TPSA) is 74.8 Å². The molecule has 0 radical (unpaired) electrons. The van der Waals surface area contributed by atoms with Crippen molar-refractivity contribution in [3.8, 4) is 22.0 Å². The lowest BCUT2D eigenvalue weighted by atomic mass is 9.90. The lowest BCUT2D eigenvalue weighted by Crippen LogP contribution is -2.45. The number of anilines is 1. The first-order valence-corrected chi connectivity index (χ1v) is 16.3. The number of halogens is 4. The predicted molar refractivity (Wildman–Crippen MR) is 173 cm³/mol. The number of carbonyl (C=O) groups excluding carboxylic acids is 1. The molecule has 2 saturated carbocycles. The molecule has 6 nitrogen and oxygen atoms in total. The van der Waals surface area contributed by atoms with Crippen LogP contribution in [0, 0.1) is 0 Å². The van der Waals surface area contributed by atoms with E-state index in [0.717, 1.165) is 47.1 Å². The summed E-state index contributed by atoms with van der Waals surface area (Å²) in [6, 6.07) is 20.9. The van der Waals surface area contributed by atoms with Gasteiger partial charge in [-0.15, -0.1) is 10.2 Å². The Hall–Kier alpha value is -2.75. The van der Waals surface area contributed by atoms with E-state index in [2.05, 4.69) is 48.5 Å². The van der Waals surface area contributed by atoms with Gasteiger partial charge in [0.2, 0.25) is 0 Å². The third kappa shape index (κ3) is 4.97. The van der Waals surface area contributed by atoms with Crippen molar-refractivity contribution in [3.63, 3.8) is 0 Å². The summed E-state index contributed by atoms with van der Waals surface area (Å²) in [6.07, 6.45) is 4.78. The average molecular weight is 700 g/mol. The number of carbonyl (C=O) groups is 1. The molecule has 3 aromatic carbocycles. The number of rotatable bonds is 7. The molecule has 5 aromatic rings. The SMILES string of the molecule is O=C(c1c(-c2ccc(Br)cc2)n[nH]c1-c1nnc(C2(c3ccc(Cl)cc3)CC2)s1)N(c1ccc(Cl)cc1Cl)C1CCC1. The second kappa shape index (κ2) is 11.1. The largest absolute Gasteiger partial charge is 0.304 e. The van der Waals surface area contributed by atoms with E-state index in [1.165, 1.54) is 16.9 Å². The van der Waals surface area contributed by atoms with Crippen molar-refractivity contribution in [2.45, 2.75) is 43.6 Å². The van der Waals surface area contributed by atoms with E-state index < -0.39 is 0 Å². The molecule has 2 aromatic heterocycles. The van der Waals surface area contributed by atoms with Crippen molar-refractivity contribution in [1.29, 1.82) is 0 Å². The maximum Gasteiger partial charge on any atom is 0.263 e. The fraction of sp³-hybridized carbons (Fsp3) is 0.226. The van der Waals surface area contributed by atoms with Crippen LogP contribution in [0.1, 0.15) is 53.0 Å². The van der Waals surface area contributed by atoms with Crippen molar-refractivity contribution >= 4 is 73.7 Å². The fourth-order valence-corrected chi connectivity index (χ4v) is 7.48. The number of aromatic amines is 1. The van der Waals surface area contributed by atoms with Crippen LogP contribution in [0.25, 0.3) is 22.0 Å². The zero-order chi connectivity index (χ0) is 29.0. The van der Waals surface area contributed by atoms with Gasteiger partial charge in [-0.05, 0) is 80.1 Å². The van der Waals surface area contributed by atoms with Crippen LogP contribution in [0.15, 0.2) is 71.2 Å². The Kier molecular flexibility index (Phi) is 7.39. The molecule has 0 saturated heterocycles. The molecule has 42 heavy (non-hydrogen) atoms. The van der Waals surface area contributed by atoms with Gasteiger partial charge in [-0.1, -0.05) is 86.3 Å². The normalized spacial score (nSPS) is 15.8. The summed E-state index contributed by atoms with van der Waals surface area (Å²) in [5.74, 6) is -0.193. The second-order valence-corrected chi connectivity index (χ2v) is 13.9. The number of nitrogens with one attached hydrogen (secondary N) is 1. The van der Waals surface area contributed by atoms with E-state index >= 15 is 0 Å². The van der Waals surface area contributed by atoms with Crippen LogP contribution in [0.5, 0.6) is 0 Å². The lowest BCUT2D eigenvalue weighted by molar-refractivity contribution is 0.0965. The number of benzene rings is 3. The summed E-state index contributed by atoms with van der Waals surface area (Å²) in [6.45, 7) is 0. The molecule has 0 atom stereocenters. The summed E-state index contributed by atoms with van der Waals surface area (Å²) in [7, 11) is 0. The van der Waals surface area contributed by atoms with E-state index in [-0.39, 0.29) is 17.4 Å². The van der Waals surface area contributed by atoms with E-state index in [1.54, 1.807) is 17.0 Å². The van der Waals surface area contributed by atoms with Crippen molar-refractivity contribution < 1.29 is 4.79 Å². The molecule has 212 valence electrons. The summed E-state index contributed by atoms with van der Waals surface area (Å²) in [4.78, 5) is 16.5. The Labute approximate surface area is 270 Å². The van der Waals surface area contributed by atoms with Crippen LogP contribution >= 0.6 is 62.1 Å². The third-order valence-corrected chi connectivity index (χ3v) is 10.6. The molecular weight excluding hydrogens is 677 g/mol. The van der Waals surface area contributed by atoms with Gasteiger partial charge in [-0.25, -0.2) is 0 Å². The highest BCUT2D eigenvalue weighted by Gasteiger charge is 2.49. The molecule has 0 spiro atoms. The van der Waals surface area contributed by atoms with Gasteiger partial charge in [0.1, 0.15) is 16.4 Å². The van der Waals surface area contributed by atoms with Crippen LogP contribution in [0.4, 0.5) is 5.69 Å². The Morgan fingerprint density at radius 2 is 1.67 bits per heavy atom. The van der Waals surface area contributed by atoms with Crippen molar-refractivity contribution in [3.05, 3.63) is 102 Å². The molecule has 2 aliphatic carbocycles. The molecule has 7 rings (SSSR count). The number of nitrogens with zero attached hydrogens (tertiary/aromatic N) is 4. The monoisotopic (exact) mass is 697 g/mol. The molecule has 2 heterocycles. The minimum absolute atomic E-state index is 0.0151. The van der Waals surface area contributed by atoms with E-state index in [4.69, 9.17) is 34.8 Å². The highest BCUT2D eigenvalue weighted by molar-refractivity contribution is 9.10. The van der Waals surface area contributed by atoms with Gasteiger partial charge in [0.15, 0.2) is 5.01 Å². The van der Waals surface area contributed by atoms with Gasteiger partial charge in [0, 0.05) is 31.5 Å². The van der Waals surface area contributed by atoms with Crippen molar-refractivity contribution in [2.24, 2.45) is 0 Å². The minimum atomic E-state index is -0.193. The Morgan fingerprint density at radius 1 is 0.952 bits per heavy atom. The van der Waals surface area contributed by atoms with Gasteiger partial charge in [0.25, 0.3) is 5.91 Å². The quantitative estimate of drug-likeness (QED) is 0.184. The summed E-state index contributed by atoms with van der Waals surface area (Å²) in [5.41, 5.74) is 3.95. The minimum Gasteiger partial charge on any atom is -0.304 e. The van der Waals surface area contributed by atoms with Crippen molar-refractivity contribution in [1.82, 2.24) is 20.4 Å².